The molecule has 10 heteroatoms. The summed E-state index contributed by atoms with van der Waals surface area (Å²) in [5, 5.41) is 42.8. The molecule has 0 aliphatic heterocycles. The second-order valence-corrected chi connectivity index (χ2v) is 6.28. The number of phenols is 2. The lowest BCUT2D eigenvalue weighted by Gasteiger charge is -2.25. The van der Waals surface area contributed by atoms with Gasteiger partial charge in [-0.15, -0.1) is 12.4 Å². The van der Waals surface area contributed by atoms with Gasteiger partial charge in [0.15, 0.2) is 11.5 Å². The zero-order chi connectivity index (χ0) is 21.0. The van der Waals surface area contributed by atoms with Crippen molar-refractivity contribution in [3.05, 3.63) is 98.1 Å². The molecule has 0 saturated heterocycles. The summed E-state index contributed by atoms with van der Waals surface area (Å²) in [5.41, 5.74) is 0.521. The van der Waals surface area contributed by atoms with E-state index in [1.54, 1.807) is 41.3 Å². The fourth-order valence-corrected chi connectivity index (χ4v) is 2.99. The summed E-state index contributed by atoms with van der Waals surface area (Å²) in [5.74, 6) is -0.886. The van der Waals surface area contributed by atoms with Crippen LogP contribution in [0.25, 0.3) is 0 Å². The van der Waals surface area contributed by atoms with Crippen molar-refractivity contribution in [3.8, 4) is 11.5 Å². The summed E-state index contributed by atoms with van der Waals surface area (Å²) in [7, 11) is 0. The molecule has 0 aliphatic rings. The Kier molecular flexibility index (Phi) is 7.16. The minimum absolute atomic E-state index is 0. The van der Waals surface area contributed by atoms with Crippen molar-refractivity contribution in [1.29, 1.82) is 0 Å². The number of benzene rings is 3. The van der Waals surface area contributed by atoms with Crippen LogP contribution in [0.4, 0.5) is 17.1 Å². The molecule has 0 amide bonds. The van der Waals surface area contributed by atoms with Gasteiger partial charge in [0.1, 0.15) is 0 Å². The van der Waals surface area contributed by atoms with Crippen molar-refractivity contribution in [3.63, 3.8) is 0 Å². The molecule has 0 fully saturated rings. The maximum absolute atomic E-state index is 11.1. The molecule has 3 aromatic rings. The third-order valence-electron chi connectivity index (χ3n) is 4.43. The molecule has 9 nitrogen and oxygen atoms in total. The van der Waals surface area contributed by atoms with Crippen molar-refractivity contribution in [2.45, 2.75) is 13.1 Å². The molecule has 3 aromatic carbocycles. The Morgan fingerprint density at radius 2 is 1.13 bits per heavy atom. The fraction of sp³-hybridized carbons (Fsp3) is 0.100. The van der Waals surface area contributed by atoms with Gasteiger partial charge in [-0.1, -0.05) is 42.5 Å². The van der Waals surface area contributed by atoms with Crippen LogP contribution in [-0.2, 0) is 13.1 Å². The van der Waals surface area contributed by atoms with Gasteiger partial charge in [0, 0.05) is 42.0 Å². The first-order chi connectivity index (χ1) is 13.9. The van der Waals surface area contributed by atoms with Gasteiger partial charge in [0.2, 0.25) is 0 Å². The molecule has 2 N–H and O–H groups in total. The number of rotatable bonds is 7. The van der Waals surface area contributed by atoms with Crippen molar-refractivity contribution in [1.82, 2.24) is 0 Å². The smallest absolute Gasteiger partial charge is 0.311 e. The number of hydrogen-bond donors (Lipinski definition) is 2. The van der Waals surface area contributed by atoms with E-state index in [2.05, 4.69) is 0 Å². The second-order valence-electron chi connectivity index (χ2n) is 6.28. The van der Waals surface area contributed by atoms with E-state index in [9.17, 15) is 30.4 Å². The Hall–Kier alpha value is -3.85. The zero-order valence-corrected chi connectivity index (χ0v) is 16.4. The van der Waals surface area contributed by atoms with Crippen LogP contribution >= 0.6 is 12.4 Å². The fourth-order valence-electron chi connectivity index (χ4n) is 2.99. The molecule has 0 aliphatic carbocycles. The molecule has 0 bridgehead atoms. The molecule has 0 atom stereocenters. The number of phenolic OH excluding ortho intramolecular Hbond substituents is 2. The SMILES string of the molecule is Cl.O=[N+]([O-])c1cccc(CN(Cc2cccc([N+](=O)[O-])c2O)c2ccccc2)c1O. The molecule has 0 heterocycles. The summed E-state index contributed by atoms with van der Waals surface area (Å²) in [6.45, 7) is 0.166. The first kappa shape index (κ1) is 22.4. The predicted octanol–water partition coefficient (Wildman–Crippen LogP) is 4.54. The molecule has 0 radical (unpaired) electrons. The summed E-state index contributed by atoms with van der Waals surface area (Å²) in [6, 6.07) is 17.5. The van der Waals surface area contributed by atoms with E-state index in [0.29, 0.717) is 16.8 Å². The number of anilines is 1. The number of halogens is 1. The maximum Gasteiger partial charge on any atom is 0.311 e. The van der Waals surface area contributed by atoms with Crippen LogP contribution in [0.5, 0.6) is 11.5 Å². The molecule has 0 spiro atoms. The first-order valence-corrected chi connectivity index (χ1v) is 8.59. The second kappa shape index (κ2) is 9.57. The van der Waals surface area contributed by atoms with Crippen molar-refractivity contribution in [2.24, 2.45) is 0 Å². The Morgan fingerprint density at radius 3 is 1.53 bits per heavy atom. The predicted molar refractivity (Wildman–Crippen MR) is 113 cm³/mol. The van der Waals surface area contributed by atoms with E-state index >= 15 is 0 Å². The highest BCUT2D eigenvalue weighted by Gasteiger charge is 2.21. The molecule has 3 rings (SSSR count). The van der Waals surface area contributed by atoms with Gasteiger partial charge in [-0.05, 0) is 12.1 Å². The molecule has 156 valence electrons. The minimum atomic E-state index is -0.669. The quantitative estimate of drug-likeness (QED) is 0.414. The average Bonchev–Trinajstić information content (AvgIpc) is 2.70. The average molecular weight is 432 g/mol. The molecule has 0 unspecified atom stereocenters. The summed E-state index contributed by atoms with van der Waals surface area (Å²) in [4.78, 5) is 22.6. The monoisotopic (exact) mass is 431 g/mol. The third-order valence-corrected chi connectivity index (χ3v) is 4.43. The van der Waals surface area contributed by atoms with Crippen LogP contribution in [0.2, 0.25) is 0 Å². The van der Waals surface area contributed by atoms with E-state index in [4.69, 9.17) is 0 Å². The van der Waals surface area contributed by atoms with E-state index in [1.165, 1.54) is 24.3 Å². The normalized spacial score (nSPS) is 10.1. The zero-order valence-electron chi connectivity index (χ0n) is 15.5. The molecule has 0 aromatic heterocycles. The van der Waals surface area contributed by atoms with Crippen LogP contribution in [0.3, 0.4) is 0 Å². The first-order valence-electron chi connectivity index (χ1n) is 8.59. The van der Waals surface area contributed by atoms with Gasteiger partial charge in [-0.2, -0.15) is 0 Å². The molecule has 0 saturated carbocycles. The number of hydrogen-bond acceptors (Lipinski definition) is 7. The number of aromatic hydroxyl groups is 2. The van der Waals surface area contributed by atoms with Crippen LogP contribution in [0.1, 0.15) is 11.1 Å². The molecule has 30 heavy (non-hydrogen) atoms. The Balaban J connectivity index is 0.00000320. The molecular weight excluding hydrogens is 414 g/mol. The van der Waals surface area contributed by atoms with Crippen molar-refractivity contribution >= 4 is 29.5 Å². The Morgan fingerprint density at radius 1 is 0.700 bits per heavy atom. The van der Waals surface area contributed by atoms with Gasteiger partial charge in [-0.25, -0.2) is 0 Å². The highest BCUT2D eigenvalue weighted by Crippen LogP contribution is 2.34. The summed E-state index contributed by atoms with van der Waals surface area (Å²) in [6.07, 6.45) is 0. The van der Waals surface area contributed by atoms with Gasteiger partial charge < -0.3 is 15.1 Å². The van der Waals surface area contributed by atoms with E-state index in [-0.39, 0.29) is 25.5 Å². The largest absolute Gasteiger partial charge is 0.502 e. The number of para-hydroxylation sites is 3. The van der Waals surface area contributed by atoms with Gasteiger partial charge in [0.05, 0.1) is 9.85 Å². The van der Waals surface area contributed by atoms with Crippen molar-refractivity contribution < 1.29 is 20.1 Å². The lowest BCUT2D eigenvalue weighted by Crippen LogP contribution is -2.22. The van der Waals surface area contributed by atoms with E-state index in [0.717, 1.165) is 0 Å². The number of nitrogens with zero attached hydrogens (tertiary/aromatic N) is 3. The summed E-state index contributed by atoms with van der Waals surface area (Å²) >= 11 is 0. The van der Waals surface area contributed by atoms with Gasteiger partial charge in [-0.3, -0.25) is 20.2 Å². The highest BCUT2D eigenvalue weighted by molar-refractivity contribution is 5.85. The standard InChI is InChI=1S/C20H17N3O6.ClH/c24-19-14(6-4-10-17(19)22(26)27)12-21(16-8-2-1-3-9-16)13-15-7-5-11-18(20(15)25)23(28)29;/h1-11,24-25H,12-13H2;1H. The number of nitro groups is 2. The Bertz CT molecular complexity index is 996. The lowest BCUT2D eigenvalue weighted by molar-refractivity contribution is -0.386. The van der Waals surface area contributed by atoms with E-state index in [1.807, 2.05) is 6.07 Å². The van der Waals surface area contributed by atoms with E-state index < -0.39 is 32.7 Å². The van der Waals surface area contributed by atoms with Gasteiger partial charge >= 0.3 is 11.4 Å². The summed E-state index contributed by atoms with van der Waals surface area (Å²) < 4.78 is 0. The minimum Gasteiger partial charge on any atom is -0.502 e. The van der Waals surface area contributed by atoms with Crippen LogP contribution in [-0.4, -0.2) is 20.1 Å². The topological polar surface area (TPSA) is 130 Å². The Labute approximate surface area is 177 Å². The highest BCUT2D eigenvalue weighted by atomic mass is 35.5. The third kappa shape index (κ3) is 4.76. The maximum atomic E-state index is 11.1. The van der Waals surface area contributed by atoms with Crippen LogP contribution < -0.4 is 4.90 Å². The number of nitro benzene ring substituents is 2. The molecular formula is C20H18ClN3O6. The lowest BCUT2D eigenvalue weighted by atomic mass is 10.1. The van der Waals surface area contributed by atoms with Gasteiger partial charge in [0.25, 0.3) is 0 Å². The van der Waals surface area contributed by atoms with Crippen LogP contribution in [0, 0.1) is 20.2 Å². The van der Waals surface area contributed by atoms with Crippen molar-refractivity contribution in [2.75, 3.05) is 4.90 Å². The van der Waals surface area contributed by atoms with Crippen LogP contribution in [0.15, 0.2) is 66.7 Å².